The van der Waals surface area contributed by atoms with Crippen molar-refractivity contribution >= 4 is 65.6 Å². The highest BCUT2D eigenvalue weighted by Gasteiger charge is 2.20. The van der Waals surface area contributed by atoms with Gasteiger partial charge in [-0.15, -0.1) is 0 Å². The van der Waals surface area contributed by atoms with Gasteiger partial charge in [0, 0.05) is 43.4 Å². The van der Waals surface area contributed by atoms with Crippen LogP contribution >= 0.6 is 0 Å². The van der Waals surface area contributed by atoms with Crippen LogP contribution in [0.2, 0.25) is 0 Å². The van der Waals surface area contributed by atoms with E-state index in [0.29, 0.717) is 5.89 Å². The molecule has 0 aliphatic rings. The maximum Gasteiger partial charge on any atom is 0.227 e. The molecule has 0 spiro atoms. The molecule has 4 nitrogen and oxygen atoms in total. The number of oxazole rings is 1. The molecule has 3 aromatic heterocycles. The molecule has 0 N–H and O–H groups in total. The second kappa shape index (κ2) is 9.18. The van der Waals surface area contributed by atoms with Crippen LogP contribution in [0.1, 0.15) is 0 Å². The van der Waals surface area contributed by atoms with Crippen LogP contribution in [0.15, 0.2) is 154 Å². The Balaban J connectivity index is 1.23. The van der Waals surface area contributed by atoms with E-state index in [1.165, 1.54) is 21.8 Å². The summed E-state index contributed by atoms with van der Waals surface area (Å²) in [7, 11) is 0. The third kappa shape index (κ3) is 3.45. The lowest BCUT2D eigenvalue weighted by Crippen LogP contribution is -1.95. The Kier molecular flexibility index (Phi) is 4.96. The molecule has 0 unspecified atom stereocenters. The molecule has 0 fully saturated rings. The Bertz CT molecular complexity index is 2710. The summed E-state index contributed by atoms with van der Waals surface area (Å²) < 4.78 is 15.5. The molecule has 0 radical (unpaired) electrons. The number of hydrogen-bond donors (Lipinski definition) is 0. The van der Waals surface area contributed by atoms with Crippen LogP contribution in [0, 0.1) is 0 Å². The van der Waals surface area contributed by atoms with Crippen LogP contribution < -0.4 is 0 Å². The predicted molar refractivity (Wildman–Crippen MR) is 184 cm³/mol. The van der Waals surface area contributed by atoms with Crippen molar-refractivity contribution in [1.82, 2.24) is 9.55 Å². The van der Waals surface area contributed by atoms with Crippen molar-refractivity contribution in [3.63, 3.8) is 0 Å². The lowest BCUT2D eigenvalue weighted by Gasteiger charge is -2.12. The number of benzene rings is 7. The fourth-order valence-electron chi connectivity index (χ4n) is 7.09. The van der Waals surface area contributed by atoms with Crippen LogP contribution in [0.25, 0.3) is 93.9 Å². The molecular formula is C41H24N2O2. The van der Waals surface area contributed by atoms with E-state index >= 15 is 0 Å². The number of para-hydroxylation sites is 3. The minimum Gasteiger partial charge on any atom is -0.455 e. The van der Waals surface area contributed by atoms with Gasteiger partial charge >= 0.3 is 0 Å². The van der Waals surface area contributed by atoms with Gasteiger partial charge in [-0.2, -0.15) is 0 Å². The molecule has 10 rings (SSSR count). The van der Waals surface area contributed by atoms with Gasteiger partial charge in [0.2, 0.25) is 5.89 Å². The summed E-state index contributed by atoms with van der Waals surface area (Å²) in [6.07, 6.45) is 0. The fourth-order valence-corrected chi connectivity index (χ4v) is 7.09. The number of furan rings is 1. The van der Waals surface area contributed by atoms with Crippen molar-refractivity contribution in [3.8, 4) is 28.3 Å². The van der Waals surface area contributed by atoms with Gasteiger partial charge in [-0.25, -0.2) is 4.98 Å². The van der Waals surface area contributed by atoms with Crippen molar-refractivity contribution in [2.24, 2.45) is 0 Å². The summed E-state index contributed by atoms with van der Waals surface area (Å²) in [6.45, 7) is 0. The lowest BCUT2D eigenvalue weighted by atomic mass is 9.97. The quantitative estimate of drug-likeness (QED) is 0.210. The molecule has 4 heteroatoms. The van der Waals surface area contributed by atoms with Crippen LogP contribution in [-0.4, -0.2) is 9.55 Å². The van der Waals surface area contributed by atoms with E-state index in [1.807, 2.05) is 42.5 Å². The number of nitrogens with zero attached hydrogens (tertiary/aromatic N) is 2. The SMILES string of the molecule is c1ccc(-c2nc3cccc(-c4cccc5oc6c7cccc(-n8c9ccccc9c9ccccc98)c7ccc6c45)c3o2)cc1. The summed E-state index contributed by atoms with van der Waals surface area (Å²) >= 11 is 0. The van der Waals surface area contributed by atoms with Gasteiger partial charge in [0.1, 0.15) is 16.7 Å². The van der Waals surface area contributed by atoms with E-state index in [4.69, 9.17) is 13.8 Å². The second-order valence-corrected chi connectivity index (χ2v) is 11.5. The van der Waals surface area contributed by atoms with Crippen molar-refractivity contribution in [1.29, 1.82) is 0 Å². The molecule has 0 atom stereocenters. The zero-order valence-corrected chi connectivity index (χ0v) is 24.1. The number of rotatable bonds is 3. The molecular weight excluding hydrogens is 552 g/mol. The van der Waals surface area contributed by atoms with Crippen LogP contribution in [0.4, 0.5) is 0 Å². The molecule has 0 bridgehead atoms. The number of hydrogen-bond acceptors (Lipinski definition) is 3. The molecule has 0 aliphatic carbocycles. The summed E-state index contributed by atoms with van der Waals surface area (Å²) in [5.74, 6) is 0.617. The molecule has 3 heterocycles. The van der Waals surface area contributed by atoms with Crippen molar-refractivity contribution < 1.29 is 8.83 Å². The minimum absolute atomic E-state index is 0.617. The molecule has 7 aromatic carbocycles. The lowest BCUT2D eigenvalue weighted by molar-refractivity contribution is 0.621. The van der Waals surface area contributed by atoms with Crippen LogP contribution in [0.3, 0.4) is 0 Å². The summed E-state index contributed by atoms with van der Waals surface area (Å²) in [4.78, 5) is 4.82. The predicted octanol–water partition coefficient (Wildman–Crippen LogP) is 11.3. The minimum atomic E-state index is 0.617. The first-order valence-corrected chi connectivity index (χ1v) is 15.1. The maximum atomic E-state index is 6.71. The summed E-state index contributed by atoms with van der Waals surface area (Å²) in [5, 5.41) is 6.86. The molecule has 10 aromatic rings. The van der Waals surface area contributed by atoms with Gasteiger partial charge in [-0.1, -0.05) is 97.1 Å². The molecule has 0 amide bonds. The maximum absolute atomic E-state index is 6.71. The number of fused-ring (bicyclic) bond motifs is 9. The molecule has 0 saturated heterocycles. The summed E-state index contributed by atoms with van der Waals surface area (Å²) in [6, 6.07) is 50.7. The molecule has 45 heavy (non-hydrogen) atoms. The van der Waals surface area contributed by atoms with Gasteiger partial charge < -0.3 is 13.4 Å². The van der Waals surface area contributed by atoms with Gasteiger partial charge in [-0.3, -0.25) is 0 Å². The average Bonchev–Trinajstić information content (AvgIpc) is 3.80. The monoisotopic (exact) mass is 576 g/mol. The zero-order valence-electron chi connectivity index (χ0n) is 24.1. The van der Waals surface area contributed by atoms with Crippen LogP contribution in [0.5, 0.6) is 0 Å². The van der Waals surface area contributed by atoms with Crippen molar-refractivity contribution in [3.05, 3.63) is 146 Å². The van der Waals surface area contributed by atoms with E-state index in [-0.39, 0.29) is 0 Å². The Morgan fingerprint density at radius 3 is 1.93 bits per heavy atom. The topological polar surface area (TPSA) is 44.1 Å². The van der Waals surface area contributed by atoms with E-state index in [2.05, 4.69) is 108 Å². The standard InChI is InChI=1S/C41H24N2O2/c1-2-11-25(12-3-1)41-42-33-18-8-16-31(40(33)45-41)29-15-10-22-37-38(29)32-24-23-28-30(39(32)44-37)17-9-21-36(28)43-34-19-6-4-13-26(34)27-14-5-7-20-35(27)43/h1-24H. The largest absolute Gasteiger partial charge is 0.455 e. The van der Waals surface area contributed by atoms with Gasteiger partial charge in [0.05, 0.1) is 16.7 Å². The van der Waals surface area contributed by atoms with E-state index in [0.717, 1.165) is 66.2 Å². The van der Waals surface area contributed by atoms with Gasteiger partial charge in [-0.05, 0) is 54.1 Å². The fraction of sp³-hybridized carbons (Fsp3) is 0. The Labute approximate surface area is 257 Å². The van der Waals surface area contributed by atoms with E-state index in [1.54, 1.807) is 0 Å². The first-order valence-electron chi connectivity index (χ1n) is 15.1. The highest BCUT2D eigenvalue weighted by molar-refractivity contribution is 6.21. The first kappa shape index (κ1) is 24.3. The van der Waals surface area contributed by atoms with Crippen LogP contribution in [-0.2, 0) is 0 Å². The number of aromatic nitrogens is 2. The Morgan fingerprint density at radius 1 is 0.444 bits per heavy atom. The Hall–Kier alpha value is -6.13. The second-order valence-electron chi connectivity index (χ2n) is 11.5. The molecule has 210 valence electrons. The third-order valence-electron chi connectivity index (χ3n) is 9.04. The van der Waals surface area contributed by atoms with Gasteiger partial charge in [0.15, 0.2) is 5.58 Å². The normalized spacial score (nSPS) is 12.0. The highest BCUT2D eigenvalue weighted by atomic mass is 16.3. The smallest absolute Gasteiger partial charge is 0.227 e. The first-order chi connectivity index (χ1) is 22.3. The van der Waals surface area contributed by atoms with E-state index in [9.17, 15) is 0 Å². The Morgan fingerprint density at radius 2 is 1.11 bits per heavy atom. The van der Waals surface area contributed by atoms with Crippen molar-refractivity contribution in [2.45, 2.75) is 0 Å². The summed E-state index contributed by atoms with van der Waals surface area (Å²) in [5.41, 5.74) is 9.85. The third-order valence-corrected chi connectivity index (χ3v) is 9.04. The van der Waals surface area contributed by atoms with E-state index < -0.39 is 0 Å². The molecule has 0 saturated carbocycles. The zero-order chi connectivity index (χ0) is 29.5. The average molecular weight is 577 g/mol. The van der Waals surface area contributed by atoms with Crippen molar-refractivity contribution in [2.75, 3.05) is 0 Å². The molecule has 0 aliphatic heterocycles. The van der Waals surface area contributed by atoms with Gasteiger partial charge in [0.25, 0.3) is 0 Å². The highest BCUT2D eigenvalue weighted by Crippen LogP contribution is 2.43.